The lowest BCUT2D eigenvalue weighted by molar-refractivity contribution is 0.670. The number of nitrogens with zero attached hydrogens (tertiary/aromatic N) is 1. The normalized spacial score (nSPS) is 13.7. The summed E-state index contributed by atoms with van der Waals surface area (Å²) in [5.74, 6) is 0.163. The van der Waals surface area contributed by atoms with E-state index in [-0.39, 0.29) is 5.92 Å². The molecule has 0 bridgehead atoms. The molecule has 0 aliphatic rings. The van der Waals surface area contributed by atoms with Crippen molar-refractivity contribution in [2.45, 2.75) is 40.5 Å². The summed E-state index contributed by atoms with van der Waals surface area (Å²) < 4.78 is 0. The lowest BCUT2D eigenvalue weighted by Crippen LogP contribution is -1.87. The molecule has 82 valence electrons. The second-order valence-corrected chi connectivity index (χ2v) is 4.16. The molecule has 0 fully saturated rings. The Balaban J connectivity index is 3.96. The summed E-state index contributed by atoms with van der Waals surface area (Å²) >= 11 is 0. The lowest BCUT2D eigenvalue weighted by atomic mass is 10.1. The molecule has 0 rings (SSSR count). The van der Waals surface area contributed by atoms with Crippen molar-refractivity contribution in [1.82, 2.24) is 0 Å². The highest BCUT2D eigenvalue weighted by Crippen LogP contribution is 2.07. The maximum atomic E-state index is 8.61. The minimum atomic E-state index is 0.163. The van der Waals surface area contributed by atoms with Gasteiger partial charge in [-0.15, -0.1) is 0 Å². The average Bonchev–Trinajstić information content (AvgIpc) is 2.17. The van der Waals surface area contributed by atoms with Crippen molar-refractivity contribution >= 4 is 0 Å². The first kappa shape index (κ1) is 13.7. The standard InChI is InChI=1S/C14H21N/c1-12(2)7-5-8-13(3)9-6-10-14(4)11-15/h5,7-9,14H,6,10H2,1-4H3/b8-5+,13-9+. The van der Waals surface area contributed by atoms with Gasteiger partial charge in [-0.25, -0.2) is 0 Å². The fourth-order valence-corrected chi connectivity index (χ4v) is 1.09. The Morgan fingerprint density at radius 3 is 2.53 bits per heavy atom. The maximum Gasteiger partial charge on any atom is 0.0652 e. The largest absolute Gasteiger partial charge is 0.198 e. The highest BCUT2D eigenvalue weighted by atomic mass is 14.2. The van der Waals surface area contributed by atoms with Crippen LogP contribution < -0.4 is 0 Å². The van der Waals surface area contributed by atoms with Gasteiger partial charge in [0.05, 0.1) is 6.07 Å². The first-order chi connectivity index (χ1) is 7.06. The minimum Gasteiger partial charge on any atom is -0.198 e. The van der Waals surface area contributed by atoms with E-state index in [4.69, 9.17) is 5.26 Å². The lowest BCUT2D eigenvalue weighted by Gasteiger charge is -1.97. The number of hydrogen-bond acceptors (Lipinski definition) is 1. The zero-order chi connectivity index (χ0) is 11.7. The number of nitriles is 1. The van der Waals surface area contributed by atoms with Gasteiger partial charge in [0.2, 0.25) is 0 Å². The third kappa shape index (κ3) is 9.02. The van der Waals surface area contributed by atoms with Crippen LogP contribution in [0.2, 0.25) is 0 Å². The second kappa shape index (κ2) is 8.05. The van der Waals surface area contributed by atoms with Gasteiger partial charge < -0.3 is 0 Å². The van der Waals surface area contributed by atoms with Gasteiger partial charge in [0.25, 0.3) is 0 Å². The molecule has 0 aromatic rings. The van der Waals surface area contributed by atoms with Crippen LogP contribution in [-0.2, 0) is 0 Å². The molecule has 15 heavy (non-hydrogen) atoms. The van der Waals surface area contributed by atoms with Crippen molar-refractivity contribution in [3.63, 3.8) is 0 Å². The summed E-state index contributed by atoms with van der Waals surface area (Å²) in [7, 11) is 0. The fourth-order valence-electron chi connectivity index (χ4n) is 1.09. The van der Waals surface area contributed by atoms with E-state index in [1.165, 1.54) is 11.1 Å². The smallest absolute Gasteiger partial charge is 0.0652 e. The first-order valence-electron chi connectivity index (χ1n) is 5.44. The van der Waals surface area contributed by atoms with E-state index >= 15 is 0 Å². The van der Waals surface area contributed by atoms with Crippen molar-refractivity contribution in [1.29, 1.82) is 5.26 Å². The molecular formula is C14H21N. The molecule has 0 N–H and O–H groups in total. The Bertz CT molecular complexity index is 296. The first-order valence-corrected chi connectivity index (χ1v) is 5.44. The van der Waals surface area contributed by atoms with Crippen molar-refractivity contribution in [2.24, 2.45) is 5.92 Å². The number of hydrogen-bond donors (Lipinski definition) is 0. The van der Waals surface area contributed by atoms with Crippen LogP contribution in [0, 0.1) is 17.2 Å². The Morgan fingerprint density at radius 1 is 1.33 bits per heavy atom. The van der Waals surface area contributed by atoms with Gasteiger partial charge in [-0.2, -0.15) is 5.26 Å². The zero-order valence-corrected chi connectivity index (χ0v) is 10.2. The fraction of sp³-hybridized carbons (Fsp3) is 0.500. The van der Waals surface area contributed by atoms with Crippen molar-refractivity contribution < 1.29 is 0 Å². The maximum absolute atomic E-state index is 8.61. The van der Waals surface area contributed by atoms with E-state index < -0.39 is 0 Å². The third-order valence-electron chi connectivity index (χ3n) is 2.08. The summed E-state index contributed by atoms with van der Waals surface area (Å²) in [6.07, 6.45) is 10.4. The van der Waals surface area contributed by atoms with Crippen LogP contribution in [-0.4, -0.2) is 0 Å². The van der Waals surface area contributed by atoms with E-state index in [1.807, 2.05) is 6.92 Å². The topological polar surface area (TPSA) is 23.8 Å². The Labute approximate surface area is 93.8 Å². The Kier molecular flexibility index (Phi) is 7.36. The summed E-state index contributed by atoms with van der Waals surface area (Å²) in [5.41, 5.74) is 2.56. The number of allylic oxidation sites excluding steroid dienone is 6. The van der Waals surface area contributed by atoms with Crippen LogP contribution in [0.5, 0.6) is 0 Å². The molecule has 0 radical (unpaired) electrons. The molecule has 0 amide bonds. The van der Waals surface area contributed by atoms with E-state index in [2.05, 4.69) is 51.1 Å². The molecule has 0 aliphatic heterocycles. The van der Waals surface area contributed by atoms with Gasteiger partial charge in [0.1, 0.15) is 0 Å². The van der Waals surface area contributed by atoms with E-state index in [0.29, 0.717) is 0 Å². The molecular weight excluding hydrogens is 182 g/mol. The quantitative estimate of drug-likeness (QED) is 0.608. The molecule has 0 saturated carbocycles. The highest BCUT2D eigenvalue weighted by Gasteiger charge is 1.95. The monoisotopic (exact) mass is 203 g/mol. The van der Waals surface area contributed by atoms with Gasteiger partial charge in [-0.3, -0.25) is 0 Å². The minimum absolute atomic E-state index is 0.163. The van der Waals surface area contributed by atoms with Gasteiger partial charge in [0.15, 0.2) is 0 Å². The molecule has 0 saturated heterocycles. The predicted molar refractivity (Wildman–Crippen MR) is 66.3 cm³/mol. The molecule has 0 spiro atoms. The SMILES string of the molecule is CC(C)=C/C=C/C(C)=C/CCC(C)C#N. The van der Waals surface area contributed by atoms with Crippen LogP contribution in [0.25, 0.3) is 0 Å². The molecule has 0 aromatic heterocycles. The number of rotatable bonds is 5. The molecule has 0 aliphatic carbocycles. The van der Waals surface area contributed by atoms with Gasteiger partial charge in [-0.05, 0) is 40.5 Å². The summed E-state index contributed by atoms with van der Waals surface area (Å²) in [5, 5.41) is 8.61. The molecule has 1 unspecified atom stereocenters. The predicted octanol–water partition coefficient (Wildman–Crippen LogP) is 4.39. The van der Waals surface area contributed by atoms with Gasteiger partial charge in [0, 0.05) is 5.92 Å². The van der Waals surface area contributed by atoms with Gasteiger partial charge >= 0.3 is 0 Å². The van der Waals surface area contributed by atoms with Crippen LogP contribution in [0.15, 0.2) is 35.5 Å². The van der Waals surface area contributed by atoms with E-state index in [0.717, 1.165) is 12.8 Å². The van der Waals surface area contributed by atoms with E-state index in [9.17, 15) is 0 Å². The van der Waals surface area contributed by atoms with Crippen LogP contribution >= 0.6 is 0 Å². The van der Waals surface area contributed by atoms with Crippen LogP contribution in [0.1, 0.15) is 40.5 Å². The van der Waals surface area contributed by atoms with Crippen molar-refractivity contribution in [2.75, 3.05) is 0 Å². The van der Waals surface area contributed by atoms with Crippen LogP contribution in [0.4, 0.5) is 0 Å². The average molecular weight is 203 g/mol. The summed E-state index contributed by atoms with van der Waals surface area (Å²) in [6, 6.07) is 2.24. The van der Waals surface area contributed by atoms with Crippen molar-refractivity contribution in [3.8, 4) is 6.07 Å². The summed E-state index contributed by atoms with van der Waals surface area (Å²) in [4.78, 5) is 0. The second-order valence-electron chi connectivity index (χ2n) is 4.16. The van der Waals surface area contributed by atoms with E-state index in [1.54, 1.807) is 0 Å². The molecule has 0 heterocycles. The summed E-state index contributed by atoms with van der Waals surface area (Å²) in [6.45, 7) is 8.21. The Morgan fingerprint density at radius 2 is 2.00 bits per heavy atom. The molecule has 0 aromatic carbocycles. The third-order valence-corrected chi connectivity index (χ3v) is 2.08. The van der Waals surface area contributed by atoms with Crippen LogP contribution in [0.3, 0.4) is 0 Å². The molecule has 1 heteroatoms. The zero-order valence-electron chi connectivity index (χ0n) is 10.2. The molecule has 1 nitrogen and oxygen atoms in total. The van der Waals surface area contributed by atoms with Crippen molar-refractivity contribution in [3.05, 3.63) is 35.5 Å². The molecule has 1 atom stereocenters. The highest BCUT2D eigenvalue weighted by molar-refractivity contribution is 5.21. The van der Waals surface area contributed by atoms with Gasteiger partial charge in [-0.1, -0.05) is 35.5 Å². The Hall–Kier alpha value is -1.29.